The summed E-state index contributed by atoms with van der Waals surface area (Å²) >= 11 is 7.17. The molecule has 158 valence electrons. The van der Waals surface area contributed by atoms with E-state index in [1.54, 1.807) is 12.1 Å². The zero-order valence-electron chi connectivity index (χ0n) is 16.3. The molecular weight excluding hydrogens is 438 g/mol. The Morgan fingerprint density at radius 3 is 2.65 bits per heavy atom. The third-order valence-electron chi connectivity index (χ3n) is 4.79. The first-order valence-electron chi connectivity index (χ1n) is 9.56. The first-order valence-corrected chi connectivity index (χ1v) is 10.8. The number of aromatic nitrogens is 1. The zero-order chi connectivity index (χ0) is 21.8. The van der Waals surface area contributed by atoms with Gasteiger partial charge in [0.25, 0.3) is 0 Å². The van der Waals surface area contributed by atoms with Crippen molar-refractivity contribution in [2.45, 2.75) is 25.5 Å². The van der Waals surface area contributed by atoms with E-state index in [0.717, 1.165) is 16.0 Å². The minimum Gasteiger partial charge on any atom is -0.444 e. The number of hydrogen-bond donors (Lipinski definition) is 1. The van der Waals surface area contributed by atoms with Crippen LogP contribution < -0.4 is 5.32 Å². The number of carbonyl (C=O) groups excluding carboxylic acids is 3. The molecule has 1 aliphatic rings. The monoisotopic (exact) mass is 455 g/mol. The van der Waals surface area contributed by atoms with Gasteiger partial charge in [0.05, 0.1) is 5.69 Å². The second-order valence-corrected chi connectivity index (χ2v) is 8.19. The van der Waals surface area contributed by atoms with Gasteiger partial charge in [0.1, 0.15) is 12.6 Å². The van der Waals surface area contributed by atoms with Gasteiger partial charge in [0.2, 0.25) is 11.8 Å². The standard InChI is InChI=1S/C22H18ClN3O4S/c23-16-8-6-15(7-9-16)17-13-31-21(24-17)25-20(28)18-10-11-19(27)26(18)22(29)30-12-14-4-2-1-3-5-14/h1-9,13,18H,10-12H2,(H,24,25,28)/t18-/m1/s1. The van der Waals surface area contributed by atoms with E-state index in [4.69, 9.17) is 16.3 Å². The van der Waals surface area contributed by atoms with Crippen molar-refractivity contribution in [3.63, 3.8) is 0 Å². The third kappa shape index (κ3) is 4.92. The van der Waals surface area contributed by atoms with E-state index in [1.807, 2.05) is 47.8 Å². The molecule has 4 rings (SSSR count). The molecular formula is C22H18ClN3O4S. The summed E-state index contributed by atoms with van der Waals surface area (Å²) in [6, 6.07) is 15.4. The summed E-state index contributed by atoms with van der Waals surface area (Å²) in [6.07, 6.45) is -0.486. The summed E-state index contributed by atoms with van der Waals surface area (Å²) in [7, 11) is 0. The molecule has 3 amide bonds. The van der Waals surface area contributed by atoms with Crippen molar-refractivity contribution in [1.29, 1.82) is 0 Å². The molecule has 0 spiro atoms. The van der Waals surface area contributed by atoms with Gasteiger partial charge < -0.3 is 10.1 Å². The highest BCUT2D eigenvalue weighted by atomic mass is 35.5. The second-order valence-electron chi connectivity index (χ2n) is 6.89. The van der Waals surface area contributed by atoms with E-state index in [2.05, 4.69) is 10.3 Å². The summed E-state index contributed by atoms with van der Waals surface area (Å²) in [5, 5.41) is 5.52. The van der Waals surface area contributed by atoms with Crippen LogP contribution in [0.5, 0.6) is 0 Å². The number of carbonyl (C=O) groups is 3. The van der Waals surface area contributed by atoms with Crippen molar-refractivity contribution < 1.29 is 19.1 Å². The minimum absolute atomic E-state index is 0.0225. The normalized spacial score (nSPS) is 15.7. The number of rotatable bonds is 5. The first-order chi connectivity index (χ1) is 15.0. The number of thiazole rings is 1. The fourth-order valence-corrected chi connectivity index (χ4v) is 4.07. The van der Waals surface area contributed by atoms with Crippen molar-refractivity contribution in [2.75, 3.05) is 5.32 Å². The van der Waals surface area contributed by atoms with Crippen LogP contribution in [0, 0.1) is 0 Å². The van der Waals surface area contributed by atoms with Crippen LogP contribution in [-0.2, 0) is 20.9 Å². The van der Waals surface area contributed by atoms with Gasteiger partial charge in [-0.15, -0.1) is 11.3 Å². The van der Waals surface area contributed by atoms with Gasteiger partial charge >= 0.3 is 6.09 Å². The summed E-state index contributed by atoms with van der Waals surface area (Å²) in [6.45, 7) is 0.0225. The number of amides is 3. The Bertz CT molecular complexity index is 1100. The maximum atomic E-state index is 12.8. The van der Waals surface area contributed by atoms with Crippen LogP contribution >= 0.6 is 22.9 Å². The van der Waals surface area contributed by atoms with Gasteiger partial charge in [-0.3, -0.25) is 9.59 Å². The SMILES string of the molecule is O=C(Nc1nc(-c2ccc(Cl)cc2)cs1)[C@H]1CCC(=O)N1C(=O)OCc1ccccc1. The number of ether oxygens (including phenoxy) is 1. The molecule has 1 N–H and O–H groups in total. The van der Waals surface area contributed by atoms with Gasteiger partial charge in [-0.25, -0.2) is 14.7 Å². The number of halogens is 1. The van der Waals surface area contributed by atoms with Gasteiger partial charge in [-0.05, 0) is 24.1 Å². The summed E-state index contributed by atoms with van der Waals surface area (Å²) in [4.78, 5) is 42.8. The van der Waals surface area contributed by atoms with Crippen LogP contribution in [0.25, 0.3) is 11.3 Å². The molecule has 31 heavy (non-hydrogen) atoms. The highest BCUT2D eigenvalue weighted by Gasteiger charge is 2.41. The number of anilines is 1. The molecule has 0 bridgehead atoms. The van der Waals surface area contributed by atoms with Gasteiger partial charge in [0.15, 0.2) is 5.13 Å². The highest BCUT2D eigenvalue weighted by molar-refractivity contribution is 7.14. The number of imide groups is 1. The average Bonchev–Trinajstić information content (AvgIpc) is 3.40. The summed E-state index contributed by atoms with van der Waals surface area (Å²) in [5.74, 6) is -0.904. The van der Waals surface area contributed by atoms with Crippen LogP contribution in [0.15, 0.2) is 60.0 Å². The summed E-state index contributed by atoms with van der Waals surface area (Å²) < 4.78 is 5.25. The molecule has 0 radical (unpaired) electrons. The quantitative estimate of drug-likeness (QED) is 0.600. The predicted octanol–water partition coefficient (Wildman–Crippen LogP) is 4.73. The molecule has 1 fully saturated rings. The van der Waals surface area contributed by atoms with Crippen LogP contribution in [0.4, 0.5) is 9.93 Å². The highest BCUT2D eigenvalue weighted by Crippen LogP contribution is 2.27. The van der Waals surface area contributed by atoms with E-state index in [9.17, 15) is 14.4 Å². The smallest absolute Gasteiger partial charge is 0.417 e. The maximum absolute atomic E-state index is 12.8. The molecule has 0 saturated carbocycles. The van der Waals surface area contributed by atoms with E-state index in [1.165, 1.54) is 11.3 Å². The summed E-state index contributed by atoms with van der Waals surface area (Å²) in [5.41, 5.74) is 2.35. The number of benzene rings is 2. The fourth-order valence-electron chi connectivity index (χ4n) is 3.22. The fraction of sp³-hybridized carbons (Fsp3) is 0.182. The Balaban J connectivity index is 1.40. The van der Waals surface area contributed by atoms with Gasteiger partial charge in [0, 0.05) is 22.4 Å². The van der Waals surface area contributed by atoms with E-state index in [-0.39, 0.29) is 19.4 Å². The molecule has 1 aliphatic heterocycles. The zero-order valence-corrected chi connectivity index (χ0v) is 17.9. The molecule has 1 aromatic heterocycles. The first kappa shape index (κ1) is 21.0. The predicted molar refractivity (Wildman–Crippen MR) is 118 cm³/mol. The Morgan fingerprint density at radius 2 is 1.90 bits per heavy atom. The van der Waals surface area contributed by atoms with Crippen LogP contribution in [0.2, 0.25) is 5.02 Å². The van der Waals surface area contributed by atoms with Crippen molar-refractivity contribution in [3.05, 3.63) is 70.6 Å². The Kier molecular flexibility index (Phi) is 6.29. The van der Waals surface area contributed by atoms with Crippen molar-refractivity contribution >= 4 is 46.0 Å². The van der Waals surface area contributed by atoms with Crippen molar-refractivity contribution in [3.8, 4) is 11.3 Å². The average molecular weight is 456 g/mol. The lowest BCUT2D eigenvalue weighted by Gasteiger charge is -2.21. The lowest BCUT2D eigenvalue weighted by molar-refractivity contribution is -0.131. The Labute approximate surface area is 187 Å². The molecule has 1 saturated heterocycles. The molecule has 0 aliphatic carbocycles. The van der Waals surface area contributed by atoms with E-state index in [0.29, 0.717) is 15.8 Å². The number of nitrogens with zero attached hydrogens (tertiary/aromatic N) is 2. The second kappa shape index (κ2) is 9.28. The Morgan fingerprint density at radius 1 is 1.16 bits per heavy atom. The van der Waals surface area contributed by atoms with Gasteiger partial charge in [-0.1, -0.05) is 54.1 Å². The molecule has 1 atom stereocenters. The number of hydrogen-bond acceptors (Lipinski definition) is 6. The molecule has 7 nitrogen and oxygen atoms in total. The Hall–Kier alpha value is -3.23. The lowest BCUT2D eigenvalue weighted by atomic mass is 10.2. The van der Waals surface area contributed by atoms with Crippen LogP contribution in [-0.4, -0.2) is 33.8 Å². The maximum Gasteiger partial charge on any atom is 0.417 e. The van der Waals surface area contributed by atoms with Gasteiger partial charge in [-0.2, -0.15) is 0 Å². The molecule has 2 aromatic carbocycles. The lowest BCUT2D eigenvalue weighted by Crippen LogP contribution is -2.45. The minimum atomic E-state index is -0.932. The molecule has 9 heteroatoms. The number of likely N-dealkylation sites (tertiary alicyclic amines) is 1. The topological polar surface area (TPSA) is 88.6 Å². The van der Waals surface area contributed by atoms with Crippen molar-refractivity contribution in [2.24, 2.45) is 0 Å². The van der Waals surface area contributed by atoms with Crippen LogP contribution in [0.1, 0.15) is 18.4 Å². The van der Waals surface area contributed by atoms with E-state index >= 15 is 0 Å². The number of nitrogens with one attached hydrogen (secondary N) is 1. The largest absolute Gasteiger partial charge is 0.444 e. The molecule has 2 heterocycles. The van der Waals surface area contributed by atoms with Crippen molar-refractivity contribution in [1.82, 2.24) is 9.88 Å². The van der Waals surface area contributed by atoms with E-state index < -0.39 is 23.9 Å². The molecule has 0 unspecified atom stereocenters. The van der Waals surface area contributed by atoms with Crippen LogP contribution in [0.3, 0.4) is 0 Å². The third-order valence-corrected chi connectivity index (χ3v) is 5.80. The molecule has 3 aromatic rings.